The Bertz CT molecular complexity index is 1080. The van der Waals surface area contributed by atoms with Crippen molar-refractivity contribution < 1.29 is 4.79 Å². The van der Waals surface area contributed by atoms with Crippen LogP contribution in [0.15, 0.2) is 73.3 Å². The van der Waals surface area contributed by atoms with Crippen molar-refractivity contribution in [3.05, 3.63) is 101 Å². The molecule has 1 N–H and O–H groups in total. The molecule has 0 bridgehead atoms. The molecular formula is C22H20N4O. The van der Waals surface area contributed by atoms with E-state index in [1.165, 1.54) is 0 Å². The quantitative estimate of drug-likeness (QED) is 0.604. The molecule has 5 nitrogen and oxygen atoms in total. The first-order valence-corrected chi connectivity index (χ1v) is 8.84. The van der Waals surface area contributed by atoms with E-state index in [0.29, 0.717) is 5.56 Å². The molecule has 0 spiro atoms. The minimum absolute atomic E-state index is 0.143. The average molecular weight is 356 g/mol. The maximum atomic E-state index is 12.9. The van der Waals surface area contributed by atoms with Crippen molar-refractivity contribution in [1.82, 2.24) is 19.7 Å². The number of nitrogens with zero attached hydrogens (tertiary/aromatic N) is 3. The highest BCUT2D eigenvalue weighted by Gasteiger charge is 2.24. The first kappa shape index (κ1) is 17.0. The van der Waals surface area contributed by atoms with Crippen LogP contribution in [0.5, 0.6) is 0 Å². The third-order valence-corrected chi connectivity index (χ3v) is 4.79. The summed E-state index contributed by atoms with van der Waals surface area (Å²) in [6.07, 6.45) is 7.05. The van der Waals surface area contributed by atoms with Gasteiger partial charge in [-0.2, -0.15) is 0 Å². The molecule has 3 aromatic heterocycles. The van der Waals surface area contributed by atoms with Crippen LogP contribution in [0.3, 0.4) is 0 Å². The number of hydrogen-bond acceptors (Lipinski definition) is 3. The van der Waals surface area contributed by atoms with Crippen molar-refractivity contribution in [3.63, 3.8) is 0 Å². The van der Waals surface area contributed by atoms with E-state index in [0.717, 1.165) is 28.0 Å². The summed E-state index contributed by atoms with van der Waals surface area (Å²) in [4.78, 5) is 21.4. The molecule has 0 aliphatic rings. The molecule has 1 atom stereocenters. The zero-order valence-electron chi connectivity index (χ0n) is 15.3. The molecule has 5 heteroatoms. The van der Waals surface area contributed by atoms with Gasteiger partial charge >= 0.3 is 0 Å². The summed E-state index contributed by atoms with van der Waals surface area (Å²) in [5.41, 5.74) is 5.69. The van der Waals surface area contributed by atoms with Gasteiger partial charge in [0.1, 0.15) is 5.65 Å². The minimum Gasteiger partial charge on any atom is -0.340 e. The van der Waals surface area contributed by atoms with Crippen molar-refractivity contribution in [2.45, 2.75) is 19.9 Å². The van der Waals surface area contributed by atoms with Crippen molar-refractivity contribution >= 4 is 11.6 Å². The van der Waals surface area contributed by atoms with Crippen LogP contribution in [-0.4, -0.2) is 20.3 Å². The predicted molar refractivity (Wildman–Crippen MR) is 105 cm³/mol. The van der Waals surface area contributed by atoms with Crippen LogP contribution in [-0.2, 0) is 0 Å². The van der Waals surface area contributed by atoms with E-state index in [4.69, 9.17) is 0 Å². The number of rotatable bonds is 4. The van der Waals surface area contributed by atoms with Crippen LogP contribution in [0.4, 0.5) is 0 Å². The standard InChI is InChI=1S/C22H20N4O/c1-15-6-5-7-16(2)20(15)21(25-22(27)17-9-11-23-12-10-17)18-14-24-19-8-3-4-13-26(18)19/h3-14,21H,1-2H3,(H,25,27). The molecule has 27 heavy (non-hydrogen) atoms. The number of fused-ring (bicyclic) bond motifs is 1. The van der Waals surface area contributed by atoms with Crippen LogP contribution in [0, 0.1) is 13.8 Å². The molecule has 4 aromatic rings. The predicted octanol–water partition coefficient (Wildman–Crippen LogP) is 3.87. The van der Waals surface area contributed by atoms with E-state index < -0.39 is 0 Å². The molecule has 4 rings (SSSR count). The van der Waals surface area contributed by atoms with Crippen LogP contribution in [0.25, 0.3) is 5.65 Å². The normalized spacial score (nSPS) is 12.1. The first-order valence-electron chi connectivity index (χ1n) is 8.84. The van der Waals surface area contributed by atoms with E-state index >= 15 is 0 Å². The summed E-state index contributed by atoms with van der Waals surface area (Å²) < 4.78 is 2.02. The maximum Gasteiger partial charge on any atom is 0.252 e. The van der Waals surface area contributed by atoms with Gasteiger partial charge in [0.25, 0.3) is 5.91 Å². The van der Waals surface area contributed by atoms with Gasteiger partial charge in [-0.25, -0.2) is 4.98 Å². The van der Waals surface area contributed by atoms with Crippen molar-refractivity contribution in [2.75, 3.05) is 0 Å². The second kappa shape index (κ2) is 7.03. The monoisotopic (exact) mass is 356 g/mol. The lowest BCUT2D eigenvalue weighted by Crippen LogP contribution is -2.31. The molecule has 0 aliphatic carbocycles. The summed E-state index contributed by atoms with van der Waals surface area (Å²) in [7, 11) is 0. The molecule has 1 aromatic carbocycles. The Balaban J connectivity index is 1.84. The second-order valence-electron chi connectivity index (χ2n) is 6.56. The van der Waals surface area contributed by atoms with Crippen molar-refractivity contribution in [1.29, 1.82) is 0 Å². The number of pyridine rings is 2. The molecule has 0 aliphatic heterocycles. The lowest BCUT2D eigenvalue weighted by molar-refractivity contribution is 0.0942. The molecule has 1 unspecified atom stereocenters. The molecule has 0 saturated heterocycles. The van der Waals surface area contributed by atoms with E-state index in [1.54, 1.807) is 24.5 Å². The van der Waals surface area contributed by atoms with Crippen molar-refractivity contribution in [3.8, 4) is 0 Å². The zero-order valence-corrected chi connectivity index (χ0v) is 15.3. The van der Waals surface area contributed by atoms with Gasteiger partial charge in [0.2, 0.25) is 0 Å². The Morgan fingerprint density at radius 3 is 2.48 bits per heavy atom. The molecule has 0 radical (unpaired) electrons. The lowest BCUT2D eigenvalue weighted by Gasteiger charge is -2.23. The fraction of sp³-hybridized carbons (Fsp3) is 0.136. The molecule has 134 valence electrons. The number of carbonyl (C=O) groups excluding carboxylic acids is 1. The highest BCUT2D eigenvalue weighted by Crippen LogP contribution is 2.29. The molecular weight excluding hydrogens is 336 g/mol. The molecule has 3 heterocycles. The van der Waals surface area contributed by atoms with Gasteiger partial charge in [-0.3, -0.25) is 9.78 Å². The summed E-state index contributed by atoms with van der Waals surface area (Å²) in [5.74, 6) is -0.143. The average Bonchev–Trinajstić information content (AvgIpc) is 3.11. The number of amides is 1. The van der Waals surface area contributed by atoms with Crippen LogP contribution >= 0.6 is 0 Å². The van der Waals surface area contributed by atoms with Gasteiger partial charge < -0.3 is 9.72 Å². The van der Waals surface area contributed by atoms with Crippen LogP contribution in [0.1, 0.15) is 38.8 Å². The number of carbonyl (C=O) groups is 1. The van der Waals surface area contributed by atoms with Gasteiger partial charge in [-0.05, 0) is 54.8 Å². The number of imidazole rings is 1. The Morgan fingerprint density at radius 2 is 1.74 bits per heavy atom. The highest BCUT2D eigenvalue weighted by atomic mass is 16.1. The summed E-state index contributed by atoms with van der Waals surface area (Å²) in [6, 6.07) is 15.1. The van der Waals surface area contributed by atoms with Gasteiger partial charge in [0.15, 0.2) is 0 Å². The maximum absolute atomic E-state index is 12.9. The van der Waals surface area contributed by atoms with Gasteiger partial charge in [0.05, 0.1) is 17.9 Å². The third kappa shape index (κ3) is 3.19. The van der Waals surface area contributed by atoms with E-state index in [-0.39, 0.29) is 11.9 Å². The Kier molecular flexibility index (Phi) is 4.42. The van der Waals surface area contributed by atoms with Gasteiger partial charge in [0, 0.05) is 24.2 Å². The number of aryl methyl sites for hydroxylation is 2. The molecule has 0 saturated carbocycles. The highest BCUT2D eigenvalue weighted by molar-refractivity contribution is 5.94. The summed E-state index contributed by atoms with van der Waals surface area (Å²) in [6.45, 7) is 4.13. The van der Waals surface area contributed by atoms with Gasteiger partial charge in [-0.1, -0.05) is 24.3 Å². The van der Waals surface area contributed by atoms with Crippen molar-refractivity contribution in [2.24, 2.45) is 0 Å². The van der Waals surface area contributed by atoms with E-state index in [1.807, 2.05) is 41.1 Å². The number of nitrogens with one attached hydrogen (secondary N) is 1. The number of aromatic nitrogens is 3. The second-order valence-corrected chi connectivity index (χ2v) is 6.56. The van der Waals surface area contributed by atoms with Crippen LogP contribution < -0.4 is 5.32 Å². The topological polar surface area (TPSA) is 59.3 Å². The smallest absolute Gasteiger partial charge is 0.252 e. The van der Waals surface area contributed by atoms with Gasteiger partial charge in [-0.15, -0.1) is 0 Å². The fourth-order valence-corrected chi connectivity index (χ4v) is 3.46. The Hall–Kier alpha value is -3.47. The Labute approximate surface area is 157 Å². The molecule has 0 fully saturated rings. The van der Waals surface area contributed by atoms with E-state index in [9.17, 15) is 4.79 Å². The summed E-state index contributed by atoms with van der Waals surface area (Å²) in [5, 5.41) is 3.20. The lowest BCUT2D eigenvalue weighted by atomic mass is 9.94. The first-order chi connectivity index (χ1) is 13.1. The number of hydrogen-bond donors (Lipinski definition) is 1. The fourth-order valence-electron chi connectivity index (χ4n) is 3.46. The van der Waals surface area contributed by atoms with Crippen LogP contribution in [0.2, 0.25) is 0 Å². The summed E-state index contributed by atoms with van der Waals surface area (Å²) >= 11 is 0. The Morgan fingerprint density at radius 1 is 1.00 bits per heavy atom. The zero-order chi connectivity index (χ0) is 18.8. The molecule has 1 amide bonds. The minimum atomic E-state index is -0.315. The number of benzene rings is 1. The SMILES string of the molecule is Cc1cccc(C)c1C(NC(=O)c1ccncc1)c1cnc2ccccn12. The van der Waals surface area contributed by atoms with E-state index in [2.05, 4.69) is 41.3 Å². The largest absolute Gasteiger partial charge is 0.340 e. The third-order valence-electron chi connectivity index (χ3n) is 4.79.